The van der Waals surface area contributed by atoms with Crippen LogP contribution in [-0.2, 0) is 17.6 Å². The summed E-state index contributed by atoms with van der Waals surface area (Å²) in [6.45, 7) is 6.79. The summed E-state index contributed by atoms with van der Waals surface area (Å²) in [5.41, 5.74) is 3.92. The molecule has 3 aromatic rings. The average Bonchev–Trinajstić information content (AvgIpc) is 3.32. The minimum atomic E-state index is -0.186. The van der Waals surface area contributed by atoms with E-state index >= 15 is 0 Å². The number of carbonyl (C=O) groups is 2. The van der Waals surface area contributed by atoms with Crippen molar-refractivity contribution in [2.24, 2.45) is 0 Å². The Morgan fingerprint density at radius 1 is 1.15 bits per heavy atom. The molecule has 1 unspecified atom stereocenters. The van der Waals surface area contributed by atoms with Crippen LogP contribution < -0.4 is 0 Å². The molecule has 33 heavy (non-hydrogen) atoms. The highest BCUT2D eigenvalue weighted by Gasteiger charge is 2.34. The summed E-state index contributed by atoms with van der Waals surface area (Å²) in [7, 11) is 0. The molecule has 0 saturated heterocycles. The third-order valence-corrected chi connectivity index (χ3v) is 7.29. The highest BCUT2D eigenvalue weighted by atomic mass is 35.5. The van der Waals surface area contributed by atoms with E-state index in [2.05, 4.69) is 24.9 Å². The second kappa shape index (κ2) is 10.4. The molecule has 4 nitrogen and oxygen atoms in total. The van der Waals surface area contributed by atoms with Gasteiger partial charge in [0.1, 0.15) is 6.54 Å². The minimum absolute atomic E-state index is 0.00391. The maximum atomic E-state index is 13.6. The maximum absolute atomic E-state index is 13.6. The van der Waals surface area contributed by atoms with Gasteiger partial charge in [-0.2, -0.15) is 0 Å². The molecule has 1 aromatic heterocycles. The molecule has 170 valence electrons. The van der Waals surface area contributed by atoms with Crippen molar-refractivity contribution < 1.29 is 9.59 Å². The van der Waals surface area contributed by atoms with Crippen molar-refractivity contribution in [3.05, 3.63) is 105 Å². The second-order valence-electron chi connectivity index (χ2n) is 8.12. The summed E-state index contributed by atoms with van der Waals surface area (Å²) in [5.74, 6) is -0.241. The Kier molecular flexibility index (Phi) is 7.31. The molecule has 1 atom stereocenters. The van der Waals surface area contributed by atoms with Crippen LogP contribution in [0.3, 0.4) is 0 Å². The lowest BCUT2D eigenvalue weighted by Gasteiger charge is -2.37. The number of hydrogen-bond donors (Lipinski definition) is 0. The van der Waals surface area contributed by atoms with Crippen LogP contribution in [-0.4, -0.2) is 41.2 Å². The van der Waals surface area contributed by atoms with E-state index in [1.165, 1.54) is 10.4 Å². The second-order valence-corrected chi connectivity index (χ2v) is 9.55. The molecule has 0 N–H and O–H groups in total. The van der Waals surface area contributed by atoms with Gasteiger partial charge in [0, 0.05) is 28.6 Å². The predicted octanol–water partition coefficient (Wildman–Crippen LogP) is 5.77. The monoisotopic (exact) mass is 478 g/mol. The molecular formula is C27H27ClN2O2S. The van der Waals surface area contributed by atoms with Crippen molar-refractivity contribution in [1.29, 1.82) is 0 Å². The lowest BCUT2D eigenvalue weighted by atomic mass is 9.93. The van der Waals surface area contributed by atoms with Gasteiger partial charge in [-0.05, 0) is 65.2 Å². The van der Waals surface area contributed by atoms with Crippen LogP contribution in [0.1, 0.15) is 44.9 Å². The van der Waals surface area contributed by atoms with Crippen molar-refractivity contribution in [1.82, 2.24) is 9.80 Å². The van der Waals surface area contributed by atoms with Gasteiger partial charge in [0.05, 0.1) is 6.04 Å². The highest BCUT2D eigenvalue weighted by molar-refractivity contribution is 7.10. The summed E-state index contributed by atoms with van der Waals surface area (Å²) in [6.07, 6.45) is 3.39. The Labute approximate surface area is 204 Å². The van der Waals surface area contributed by atoms with Gasteiger partial charge in [-0.1, -0.05) is 48.9 Å². The van der Waals surface area contributed by atoms with Gasteiger partial charge in [0.15, 0.2) is 0 Å². The molecule has 1 aliphatic heterocycles. The van der Waals surface area contributed by atoms with Crippen LogP contribution in [0.25, 0.3) is 0 Å². The predicted molar refractivity (Wildman–Crippen MR) is 135 cm³/mol. The van der Waals surface area contributed by atoms with Crippen LogP contribution in [0.4, 0.5) is 0 Å². The number of hydrogen-bond acceptors (Lipinski definition) is 3. The van der Waals surface area contributed by atoms with Crippen molar-refractivity contribution in [2.45, 2.75) is 25.8 Å². The van der Waals surface area contributed by atoms with E-state index in [1.807, 2.05) is 53.4 Å². The number of halogens is 1. The Balaban J connectivity index is 1.59. The summed E-state index contributed by atoms with van der Waals surface area (Å²) in [5, 5.41) is 2.74. The lowest BCUT2D eigenvalue weighted by Crippen LogP contribution is -2.46. The van der Waals surface area contributed by atoms with Crippen LogP contribution >= 0.6 is 22.9 Å². The number of amides is 2. The third kappa shape index (κ3) is 5.05. The molecule has 0 fully saturated rings. The van der Waals surface area contributed by atoms with Gasteiger partial charge < -0.3 is 9.80 Å². The largest absolute Gasteiger partial charge is 0.330 e. The van der Waals surface area contributed by atoms with Crippen LogP contribution in [0.2, 0.25) is 5.02 Å². The highest BCUT2D eigenvalue weighted by Crippen LogP contribution is 2.38. The first-order valence-electron chi connectivity index (χ1n) is 11.1. The van der Waals surface area contributed by atoms with Crippen molar-refractivity contribution in [3.8, 4) is 0 Å². The van der Waals surface area contributed by atoms with E-state index in [1.54, 1.807) is 22.3 Å². The van der Waals surface area contributed by atoms with Crippen molar-refractivity contribution in [3.63, 3.8) is 0 Å². The van der Waals surface area contributed by atoms with Crippen molar-refractivity contribution in [2.75, 3.05) is 19.6 Å². The molecule has 0 bridgehead atoms. The Morgan fingerprint density at radius 2 is 1.88 bits per heavy atom. The quantitative estimate of drug-likeness (QED) is 0.405. The van der Waals surface area contributed by atoms with E-state index in [0.717, 1.165) is 24.0 Å². The molecular weight excluding hydrogens is 452 g/mol. The zero-order chi connectivity index (χ0) is 23.4. The topological polar surface area (TPSA) is 40.6 Å². The summed E-state index contributed by atoms with van der Waals surface area (Å²) in [4.78, 5) is 31.5. The summed E-state index contributed by atoms with van der Waals surface area (Å²) < 4.78 is 0. The maximum Gasteiger partial charge on any atom is 0.254 e. The average molecular weight is 479 g/mol. The van der Waals surface area contributed by atoms with E-state index in [4.69, 9.17) is 11.6 Å². The molecule has 0 radical (unpaired) electrons. The van der Waals surface area contributed by atoms with Gasteiger partial charge >= 0.3 is 0 Å². The Hall–Kier alpha value is -2.89. The number of aryl methyl sites for hydroxylation is 1. The molecule has 0 aliphatic carbocycles. The van der Waals surface area contributed by atoms with E-state index in [-0.39, 0.29) is 24.4 Å². The smallest absolute Gasteiger partial charge is 0.254 e. The number of thiophene rings is 1. The summed E-state index contributed by atoms with van der Waals surface area (Å²) >= 11 is 7.84. The molecule has 0 saturated carbocycles. The fourth-order valence-electron chi connectivity index (χ4n) is 4.28. The van der Waals surface area contributed by atoms with E-state index in [9.17, 15) is 9.59 Å². The Morgan fingerprint density at radius 3 is 2.55 bits per heavy atom. The fraction of sp³-hybridized carbons (Fsp3) is 0.259. The summed E-state index contributed by atoms with van der Waals surface area (Å²) in [6, 6.07) is 17.1. The zero-order valence-corrected chi connectivity index (χ0v) is 20.2. The SMILES string of the molecule is C=CCN(CC(=O)N1CCc2sccc2C1c1ccc(Cl)cc1)C(=O)c1ccc(CC)cc1. The number of benzene rings is 2. The minimum Gasteiger partial charge on any atom is -0.330 e. The molecule has 6 heteroatoms. The number of fused-ring (bicyclic) bond motifs is 1. The van der Waals surface area contributed by atoms with Gasteiger partial charge in [0.2, 0.25) is 5.91 Å². The lowest BCUT2D eigenvalue weighted by molar-refractivity contribution is -0.133. The molecule has 1 aliphatic rings. The van der Waals surface area contributed by atoms with Gasteiger partial charge in [0.25, 0.3) is 5.91 Å². The number of nitrogens with zero attached hydrogens (tertiary/aromatic N) is 2. The molecule has 2 amide bonds. The first kappa shape index (κ1) is 23.3. The first-order valence-corrected chi connectivity index (χ1v) is 12.4. The standard InChI is InChI=1S/C27H27ClN2O2S/c1-3-15-29(27(32)21-7-5-19(4-2)6-8-21)18-25(31)30-16-13-24-23(14-17-33-24)26(30)20-9-11-22(28)12-10-20/h3,5-12,14,17,26H,1,4,13,15-16,18H2,2H3. The first-order chi connectivity index (χ1) is 16.0. The molecule has 4 rings (SSSR count). The van der Waals surface area contributed by atoms with Gasteiger partial charge in [-0.25, -0.2) is 0 Å². The number of rotatable bonds is 7. The molecule has 2 heterocycles. The zero-order valence-electron chi connectivity index (χ0n) is 18.7. The Bertz CT molecular complexity index is 1140. The van der Waals surface area contributed by atoms with Gasteiger partial charge in [-0.15, -0.1) is 17.9 Å². The van der Waals surface area contributed by atoms with Gasteiger partial charge in [-0.3, -0.25) is 9.59 Å². The third-order valence-electron chi connectivity index (χ3n) is 6.04. The normalized spacial score (nSPS) is 15.1. The molecule has 0 spiro atoms. The van der Waals surface area contributed by atoms with Crippen LogP contribution in [0.5, 0.6) is 0 Å². The fourth-order valence-corrected chi connectivity index (χ4v) is 5.31. The van der Waals surface area contributed by atoms with Crippen LogP contribution in [0, 0.1) is 0 Å². The van der Waals surface area contributed by atoms with Crippen molar-refractivity contribution >= 4 is 34.8 Å². The van der Waals surface area contributed by atoms with Crippen LogP contribution in [0.15, 0.2) is 72.6 Å². The van der Waals surface area contributed by atoms with E-state index in [0.29, 0.717) is 23.7 Å². The van der Waals surface area contributed by atoms with E-state index < -0.39 is 0 Å². The number of carbonyl (C=O) groups excluding carboxylic acids is 2. The molecule has 2 aromatic carbocycles.